The molecule has 6 heteroatoms. The maximum atomic E-state index is 6.14. The highest BCUT2D eigenvalue weighted by Gasteiger charge is 2.16. The van der Waals surface area contributed by atoms with E-state index in [2.05, 4.69) is 15.6 Å². The Morgan fingerprint density at radius 3 is 3.00 bits per heavy atom. The predicted octanol–water partition coefficient (Wildman–Crippen LogP) is 0.782. The summed E-state index contributed by atoms with van der Waals surface area (Å²) in [6.07, 6.45) is 1.81. The molecule has 0 fully saturated rings. The van der Waals surface area contributed by atoms with Crippen molar-refractivity contribution < 1.29 is 0 Å². The van der Waals surface area contributed by atoms with Gasteiger partial charge in [-0.1, -0.05) is 23.7 Å². The molecule has 0 amide bonds. The van der Waals surface area contributed by atoms with E-state index in [1.807, 2.05) is 31.2 Å². The van der Waals surface area contributed by atoms with E-state index in [-0.39, 0.29) is 6.17 Å². The van der Waals surface area contributed by atoms with Crippen molar-refractivity contribution >= 4 is 23.3 Å². The molecule has 0 saturated carbocycles. The summed E-state index contributed by atoms with van der Waals surface area (Å²) in [4.78, 5) is 4.25. The Balaban J connectivity index is 2.28. The second kappa shape index (κ2) is 6.06. The lowest BCUT2D eigenvalue weighted by molar-refractivity contribution is 0.613. The fraction of sp³-hybridized carbons (Fsp3) is 0.308. The second-order valence-corrected chi connectivity index (χ2v) is 4.73. The number of rotatable bonds is 4. The summed E-state index contributed by atoms with van der Waals surface area (Å²) in [5.74, 6) is 0.381. The van der Waals surface area contributed by atoms with E-state index in [4.69, 9.17) is 23.1 Å². The molecule has 2 rings (SSSR count). The Morgan fingerprint density at radius 2 is 2.26 bits per heavy atom. The monoisotopic (exact) mass is 279 g/mol. The number of aliphatic imine (C=N–C) groups is 1. The van der Waals surface area contributed by atoms with Gasteiger partial charge in [-0.05, 0) is 24.6 Å². The number of nitrogens with two attached hydrogens (primary N) is 2. The van der Waals surface area contributed by atoms with Crippen LogP contribution in [-0.4, -0.2) is 25.2 Å². The van der Waals surface area contributed by atoms with E-state index in [1.165, 1.54) is 0 Å². The number of hydrogen-bond acceptors (Lipinski definition) is 5. The number of hydrogen-bond donors (Lipinski definition) is 4. The molecule has 19 heavy (non-hydrogen) atoms. The summed E-state index contributed by atoms with van der Waals surface area (Å²) < 4.78 is 0. The molecule has 5 nitrogen and oxygen atoms in total. The Morgan fingerprint density at radius 1 is 1.47 bits per heavy atom. The fourth-order valence-corrected chi connectivity index (χ4v) is 2.12. The molecule has 0 bridgehead atoms. The lowest BCUT2D eigenvalue weighted by Crippen LogP contribution is -2.41. The lowest BCUT2D eigenvalue weighted by Gasteiger charge is -2.22. The molecular formula is C13H18ClN5. The Bertz CT molecular complexity index is 524. The minimum absolute atomic E-state index is 0.168. The minimum Gasteiger partial charge on any atom is -0.370 e. The molecule has 6 N–H and O–H groups in total. The molecular weight excluding hydrogens is 262 g/mol. The summed E-state index contributed by atoms with van der Waals surface area (Å²) in [5.41, 5.74) is 14.2. The zero-order chi connectivity index (χ0) is 13.8. The first-order chi connectivity index (χ1) is 9.11. The first-order valence-electron chi connectivity index (χ1n) is 6.13. The topological polar surface area (TPSA) is 88.5 Å². The van der Waals surface area contributed by atoms with Gasteiger partial charge < -0.3 is 16.8 Å². The van der Waals surface area contributed by atoms with Crippen LogP contribution in [0.3, 0.4) is 0 Å². The molecule has 0 saturated heterocycles. The maximum Gasteiger partial charge on any atom is 0.195 e. The largest absolute Gasteiger partial charge is 0.370 e. The van der Waals surface area contributed by atoms with Crippen LogP contribution in [0.1, 0.15) is 11.1 Å². The molecule has 102 valence electrons. The highest BCUT2D eigenvalue weighted by Crippen LogP contribution is 2.24. The molecule has 1 aliphatic heterocycles. The number of guanidine groups is 1. The van der Waals surface area contributed by atoms with Gasteiger partial charge in [-0.25, -0.2) is 4.99 Å². The molecule has 0 aliphatic carbocycles. The van der Waals surface area contributed by atoms with Gasteiger partial charge in [0.1, 0.15) is 6.17 Å². The van der Waals surface area contributed by atoms with Crippen LogP contribution in [0, 0.1) is 6.92 Å². The number of benzene rings is 1. The van der Waals surface area contributed by atoms with Gasteiger partial charge in [0.05, 0.1) is 0 Å². The molecule has 0 aromatic heterocycles. The highest BCUT2D eigenvalue weighted by molar-refractivity contribution is 6.31. The maximum absolute atomic E-state index is 6.14. The van der Waals surface area contributed by atoms with Crippen molar-refractivity contribution in [1.82, 2.24) is 10.6 Å². The van der Waals surface area contributed by atoms with Gasteiger partial charge in [-0.15, -0.1) is 0 Å². The van der Waals surface area contributed by atoms with Crippen molar-refractivity contribution in [2.24, 2.45) is 16.5 Å². The van der Waals surface area contributed by atoms with E-state index < -0.39 is 0 Å². The highest BCUT2D eigenvalue weighted by atomic mass is 35.5. The smallest absolute Gasteiger partial charge is 0.195 e. The van der Waals surface area contributed by atoms with Crippen molar-refractivity contribution in [3.63, 3.8) is 0 Å². The van der Waals surface area contributed by atoms with E-state index in [1.54, 1.807) is 0 Å². The summed E-state index contributed by atoms with van der Waals surface area (Å²) >= 11 is 6.14. The molecule has 1 unspecified atom stereocenters. The Hall–Kier alpha value is -1.56. The number of nitrogens with zero attached hydrogens (tertiary/aromatic N) is 1. The Kier molecular flexibility index (Phi) is 4.42. The molecule has 1 heterocycles. The predicted molar refractivity (Wildman–Crippen MR) is 79.8 cm³/mol. The molecule has 1 aromatic carbocycles. The number of halogens is 1. The normalized spacial score (nSPS) is 18.6. The van der Waals surface area contributed by atoms with Gasteiger partial charge in [0.25, 0.3) is 0 Å². The standard InChI is InChI=1S/C13H18ClN5/c1-8-9(3-2-4-10(8)14)11-7-12(17-6-5-15)19-13(16)18-11/h2-4,7,12,17H,5-6,15H2,1H3,(H3,16,18,19). The third-order valence-corrected chi connectivity index (χ3v) is 3.33. The zero-order valence-electron chi connectivity index (χ0n) is 10.8. The van der Waals surface area contributed by atoms with Crippen LogP contribution < -0.4 is 22.1 Å². The summed E-state index contributed by atoms with van der Waals surface area (Å²) in [5, 5.41) is 6.99. The average Bonchev–Trinajstić information content (AvgIpc) is 2.39. The lowest BCUT2D eigenvalue weighted by atomic mass is 10.0. The summed E-state index contributed by atoms with van der Waals surface area (Å²) in [7, 11) is 0. The summed E-state index contributed by atoms with van der Waals surface area (Å²) in [6.45, 7) is 3.21. The van der Waals surface area contributed by atoms with Crippen LogP contribution in [0.25, 0.3) is 5.70 Å². The quantitative estimate of drug-likeness (QED) is 0.656. The van der Waals surface area contributed by atoms with Crippen molar-refractivity contribution in [2.75, 3.05) is 13.1 Å². The second-order valence-electron chi connectivity index (χ2n) is 4.32. The van der Waals surface area contributed by atoms with Gasteiger partial charge in [0, 0.05) is 29.4 Å². The third kappa shape index (κ3) is 3.26. The fourth-order valence-electron chi connectivity index (χ4n) is 1.95. The average molecular weight is 280 g/mol. The van der Waals surface area contributed by atoms with Crippen LogP contribution in [-0.2, 0) is 0 Å². The first kappa shape index (κ1) is 13.9. The van der Waals surface area contributed by atoms with Crippen LogP contribution in [0.4, 0.5) is 0 Å². The van der Waals surface area contributed by atoms with E-state index in [9.17, 15) is 0 Å². The van der Waals surface area contributed by atoms with E-state index in [0.717, 1.165) is 21.8 Å². The van der Waals surface area contributed by atoms with Gasteiger partial charge in [0.2, 0.25) is 0 Å². The summed E-state index contributed by atoms with van der Waals surface area (Å²) in [6, 6.07) is 5.78. The van der Waals surface area contributed by atoms with Gasteiger partial charge in [-0.2, -0.15) is 0 Å². The minimum atomic E-state index is -0.168. The van der Waals surface area contributed by atoms with Crippen molar-refractivity contribution in [2.45, 2.75) is 13.1 Å². The van der Waals surface area contributed by atoms with Gasteiger partial charge in [-0.3, -0.25) is 5.32 Å². The van der Waals surface area contributed by atoms with Crippen LogP contribution in [0.5, 0.6) is 0 Å². The van der Waals surface area contributed by atoms with E-state index in [0.29, 0.717) is 19.0 Å². The van der Waals surface area contributed by atoms with E-state index >= 15 is 0 Å². The van der Waals surface area contributed by atoms with Crippen LogP contribution >= 0.6 is 11.6 Å². The SMILES string of the molecule is Cc1c(Cl)cccc1C1=CC(NCCN)N=C(N)N1. The Labute approximate surface area is 117 Å². The third-order valence-electron chi connectivity index (χ3n) is 2.92. The number of nitrogens with one attached hydrogen (secondary N) is 2. The van der Waals surface area contributed by atoms with Crippen LogP contribution in [0.15, 0.2) is 29.3 Å². The molecule has 1 aromatic rings. The van der Waals surface area contributed by atoms with Crippen molar-refractivity contribution in [1.29, 1.82) is 0 Å². The first-order valence-corrected chi connectivity index (χ1v) is 6.50. The van der Waals surface area contributed by atoms with Gasteiger partial charge in [0.15, 0.2) is 5.96 Å². The van der Waals surface area contributed by atoms with Crippen molar-refractivity contribution in [3.05, 3.63) is 40.4 Å². The molecule has 0 spiro atoms. The molecule has 1 atom stereocenters. The van der Waals surface area contributed by atoms with Crippen LogP contribution in [0.2, 0.25) is 5.02 Å². The van der Waals surface area contributed by atoms with Crippen molar-refractivity contribution in [3.8, 4) is 0 Å². The molecule has 1 aliphatic rings. The van der Waals surface area contributed by atoms with Gasteiger partial charge >= 0.3 is 0 Å². The molecule has 0 radical (unpaired) electrons. The zero-order valence-corrected chi connectivity index (χ0v) is 11.5.